The lowest BCUT2D eigenvalue weighted by Crippen LogP contribution is -2.31. The topological polar surface area (TPSA) is 84.3 Å². The van der Waals surface area contributed by atoms with E-state index in [1.165, 1.54) is 6.07 Å². The maximum atomic E-state index is 12.9. The molecule has 0 aromatic heterocycles. The van der Waals surface area contributed by atoms with Crippen LogP contribution in [0.1, 0.15) is 20.3 Å². The van der Waals surface area contributed by atoms with Crippen molar-refractivity contribution in [3.63, 3.8) is 0 Å². The highest BCUT2D eigenvalue weighted by molar-refractivity contribution is 5.77. The average molecular weight is 269 g/mol. The molecule has 0 atom stereocenters. The van der Waals surface area contributed by atoms with Gasteiger partial charge in [-0.1, -0.05) is 0 Å². The molecule has 0 saturated carbocycles. The number of benzene rings is 1. The Morgan fingerprint density at radius 3 is 2.74 bits per heavy atom. The second kappa shape index (κ2) is 6.67. The number of nitro benzene ring substituents is 1. The first-order valence-corrected chi connectivity index (χ1v) is 5.87. The van der Waals surface area contributed by atoms with Crippen LogP contribution >= 0.6 is 0 Å². The van der Waals surface area contributed by atoms with Crippen molar-refractivity contribution in [3.05, 3.63) is 34.1 Å². The molecule has 19 heavy (non-hydrogen) atoms. The number of hydrogen-bond acceptors (Lipinski definition) is 4. The van der Waals surface area contributed by atoms with E-state index in [1.807, 2.05) is 13.8 Å². The van der Waals surface area contributed by atoms with Gasteiger partial charge in [0.15, 0.2) is 0 Å². The molecule has 0 unspecified atom stereocenters. The molecule has 6 nitrogen and oxygen atoms in total. The van der Waals surface area contributed by atoms with Gasteiger partial charge in [0, 0.05) is 19.0 Å². The SMILES string of the molecule is CC(C)NC(=O)CCNc1ccc(F)cc1[N+](=O)[O-]. The normalized spacial score (nSPS) is 10.3. The first-order valence-electron chi connectivity index (χ1n) is 5.87. The van der Waals surface area contributed by atoms with Crippen LogP contribution in [-0.4, -0.2) is 23.4 Å². The number of halogens is 1. The lowest BCUT2D eigenvalue weighted by atomic mass is 10.2. The summed E-state index contributed by atoms with van der Waals surface area (Å²) in [5.41, 5.74) is -0.145. The molecule has 0 spiro atoms. The second-order valence-electron chi connectivity index (χ2n) is 4.32. The molecule has 1 rings (SSSR count). The fraction of sp³-hybridized carbons (Fsp3) is 0.417. The summed E-state index contributed by atoms with van der Waals surface area (Å²) in [6, 6.07) is 3.31. The summed E-state index contributed by atoms with van der Waals surface area (Å²) < 4.78 is 12.9. The van der Waals surface area contributed by atoms with Crippen LogP contribution in [0, 0.1) is 15.9 Å². The first-order chi connectivity index (χ1) is 8.90. The third-order valence-electron chi connectivity index (χ3n) is 2.27. The molecule has 0 heterocycles. The van der Waals surface area contributed by atoms with Crippen LogP contribution in [0.4, 0.5) is 15.8 Å². The van der Waals surface area contributed by atoms with Crippen LogP contribution in [0.15, 0.2) is 18.2 Å². The van der Waals surface area contributed by atoms with Gasteiger partial charge >= 0.3 is 0 Å². The molecule has 0 aliphatic heterocycles. The van der Waals surface area contributed by atoms with Crippen molar-refractivity contribution >= 4 is 17.3 Å². The van der Waals surface area contributed by atoms with E-state index in [2.05, 4.69) is 10.6 Å². The Morgan fingerprint density at radius 1 is 1.47 bits per heavy atom. The van der Waals surface area contributed by atoms with Gasteiger partial charge in [-0.15, -0.1) is 0 Å². The van der Waals surface area contributed by atoms with Crippen LogP contribution < -0.4 is 10.6 Å². The summed E-state index contributed by atoms with van der Waals surface area (Å²) in [5.74, 6) is -0.818. The Hall–Kier alpha value is -2.18. The Bertz CT molecular complexity index is 477. The number of anilines is 1. The van der Waals surface area contributed by atoms with Crippen LogP contribution in [0.2, 0.25) is 0 Å². The van der Waals surface area contributed by atoms with Gasteiger partial charge in [0.2, 0.25) is 5.91 Å². The maximum Gasteiger partial charge on any atom is 0.295 e. The van der Waals surface area contributed by atoms with Gasteiger partial charge in [0.25, 0.3) is 5.69 Å². The highest BCUT2D eigenvalue weighted by Gasteiger charge is 2.14. The molecule has 0 aliphatic rings. The smallest absolute Gasteiger partial charge is 0.295 e. The van der Waals surface area contributed by atoms with Crippen molar-refractivity contribution in [2.24, 2.45) is 0 Å². The number of carbonyl (C=O) groups excluding carboxylic acids is 1. The van der Waals surface area contributed by atoms with Gasteiger partial charge in [0.1, 0.15) is 11.5 Å². The molecule has 0 radical (unpaired) electrons. The summed E-state index contributed by atoms with van der Waals surface area (Å²) >= 11 is 0. The van der Waals surface area contributed by atoms with Crippen LogP contribution in [-0.2, 0) is 4.79 Å². The molecule has 0 aliphatic carbocycles. The number of amides is 1. The Morgan fingerprint density at radius 2 is 2.16 bits per heavy atom. The summed E-state index contributed by atoms with van der Waals surface area (Å²) in [7, 11) is 0. The van der Waals surface area contributed by atoms with Gasteiger partial charge in [-0.2, -0.15) is 0 Å². The molecule has 7 heteroatoms. The van der Waals surface area contributed by atoms with E-state index < -0.39 is 10.7 Å². The highest BCUT2D eigenvalue weighted by Crippen LogP contribution is 2.24. The number of rotatable bonds is 6. The van der Waals surface area contributed by atoms with Crippen molar-refractivity contribution < 1.29 is 14.1 Å². The zero-order valence-corrected chi connectivity index (χ0v) is 10.8. The van der Waals surface area contributed by atoms with Gasteiger partial charge in [-0.3, -0.25) is 14.9 Å². The zero-order valence-electron chi connectivity index (χ0n) is 10.8. The molecule has 1 amide bonds. The van der Waals surface area contributed by atoms with Crippen molar-refractivity contribution in [1.82, 2.24) is 5.32 Å². The quantitative estimate of drug-likeness (QED) is 0.611. The van der Waals surface area contributed by atoms with E-state index in [1.54, 1.807) is 0 Å². The lowest BCUT2D eigenvalue weighted by Gasteiger charge is -2.09. The predicted octanol–water partition coefficient (Wildman–Crippen LogP) is 2.06. The highest BCUT2D eigenvalue weighted by atomic mass is 19.1. The standard InChI is InChI=1S/C12H16FN3O3/c1-8(2)15-12(17)5-6-14-10-4-3-9(13)7-11(10)16(18)19/h3-4,7-8,14H,5-6H2,1-2H3,(H,15,17). The molecule has 0 fully saturated rings. The van der Waals surface area contributed by atoms with Crippen molar-refractivity contribution in [2.45, 2.75) is 26.3 Å². The van der Waals surface area contributed by atoms with E-state index in [9.17, 15) is 19.3 Å². The van der Waals surface area contributed by atoms with Crippen molar-refractivity contribution in [3.8, 4) is 0 Å². The van der Waals surface area contributed by atoms with Crippen LogP contribution in [0.25, 0.3) is 0 Å². The number of carbonyl (C=O) groups is 1. The van der Waals surface area contributed by atoms with Gasteiger partial charge in [-0.05, 0) is 26.0 Å². The summed E-state index contributed by atoms with van der Waals surface area (Å²) in [5, 5.41) is 16.2. The van der Waals surface area contributed by atoms with E-state index in [-0.39, 0.29) is 36.3 Å². The van der Waals surface area contributed by atoms with Gasteiger partial charge in [0.05, 0.1) is 11.0 Å². The maximum absolute atomic E-state index is 12.9. The molecule has 1 aromatic rings. The van der Waals surface area contributed by atoms with Crippen LogP contribution in [0.3, 0.4) is 0 Å². The Balaban J connectivity index is 2.58. The van der Waals surface area contributed by atoms with E-state index in [0.29, 0.717) is 0 Å². The van der Waals surface area contributed by atoms with Crippen LogP contribution in [0.5, 0.6) is 0 Å². The van der Waals surface area contributed by atoms with Crippen molar-refractivity contribution in [1.29, 1.82) is 0 Å². The van der Waals surface area contributed by atoms with Gasteiger partial charge < -0.3 is 10.6 Å². The zero-order chi connectivity index (χ0) is 14.4. The molecule has 2 N–H and O–H groups in total. The first kappa shape index (κ1) is 14.9. The number of nitro groups is 1. The van der Waals surface area contributed by atoms with Gasteiger partial charge in [-0.25, -0.2) is 4.39 Å². The predicted molar refractivity (Wildman–Crippen MR) is 69.4 cm³/mol. The summed E-state index contributed by atoms with van der Waals surface area (Å²) in [6.07, 6.45) is 0.187. The Labute approximate surface area is 110 Å². The fourth-order valence-corrected chi connectivity index (χ4v) is 1.51. The monoisotopic (exact) mass is 269 g/mol. The number of nitrogens with one attached hydrogen (secondary N) is 2. The molecular formula is C12H16FN3O3. The molecule has 1 aromatic carbocycles. The fourth-order valence-electron chi connectivity index (χ4n) is 1.51. The van der Waals surface area contributed by atoms with E-state index in [4.69, 9.17) is 0 Å². The Kier molecular flexibility index (Phi) is 5.23. The lowest BCUT2D eigenvalue weighted by molar-refractivity contribution is -0.384. The van der Waals surface area contributed by atoms with E-state index in [0.717, 1.165) is 12.1 Å². The molecule has 0 bridgehead atoms. The minimum atomic E-state index is -0.671. The third kappa shape index (κ3) is 4.90. The molecular weight excluding hydrogens is 253 g/mol. The number of hydrogen-bond donors (Lipinski definition) is 2. The molecule has 104 valence electrons. The molecule has 0 saturated heterocycles. The minimum absolute atomic E-state index is 0.0488. The minimum Gasteiger partial charge on any atom is -0.379 e. The average Bonchev–Trinajstić information content (AvgIpc) is 2.29. The van der Waals surface area contributed by atoms with Crippen molar-refractivity contribution in [2.75, 3.05) is 11.9 Å². The number of nitrogens with zero attached hydrogens (tertiary/aromatic N) is 1. The summed E-state index contributed by atoms with van der Waals surface area (Å²) in [6.45, 7) is 3.93. The second-order valence-corrected chi connectivity index (χ2v) is 4.32. The largest absolute Gasteiger partial charge is 0.379 e. The third-order valence-corrected chi connectivity index (χ3v) is 2.27. The van der Waals surface area contributed by atoms with E-state index >= 15 is 0 Å². The summed E-state index contributed by atoms with van der Waals surface area (Å²) in [4.78, 5) is 21.4.